The highest BCUT2D eigenvalue weighted by Gasteiger charge is 2.62. The molecule has 3 aromatic carbocycles. The van der Waals surface area contributed by atoms with Gasteiger partial charge in [0.2, 0.25) is 5.91 Å². The van der Waals surface area contributed by atoms with Crippen molar-refractivity contribution in [3.05, 3.63) is 99.5 Å². The number of rotatable bonds is 3. The van der Waals surface area contributed by atoms with Crippen LogP contribution in [0, 0.1) is 0 Å². The van der Waals surface area contributed by atoms with Crippen molar-refractivity contribution in [3.8, 4) is 0 Å². The summed E-state index contributed by atoms with van der Waals surface area (Å²) >= 11 is 12.4. The number of halogens is 2. The molecule has 6 rings (SSSR count). The van der Waals surface area contributed by atoms with Crippen molar-refractivity contribution < 1.29 is 9.59 Å². The summed E-state index contributed by atoms with van der Waals surface area (Å²) < 4.78 is 0. The standard InChI is InChI=1S/C26H20Cl2N4O2/c27-18-7-3-5-16(11-18)14-29-32-23(17-6-4-8-19(28)12-17)31-15-26(13-22(31)24(32)33)20-9-1-2-10-21(20)30-25(26)34/h1-12,14,22-23H,13,15H2,(H,30,34)/b29-14+/t22-,23+,26+/m0/s1. The maximum absolute atomic E-state index is 13.7. The van der Waals surface area contributed by atoms with Crippen molar-refractivity contribution in [2.24, 2.45) is 5.10 Å². The first-order valence-corrected chi connectivity index (χ1v) is 11.8. The second kappa shape index (κ2) is 7.94. The zero-order valence-corrected chi connectivity index (χ0v) is 19.5. The Morgan fingerprint density at radius 2 is 1.74 bits per heavy atom. The van der Waals surface area contributed by atoms with Gasteiger partial charge >= 0.3 is 0 Å². The summed E-state index contributed by atoms with van der Waals surface area (Å²) in [5, 5.41) is 10.3. The minimum absolute atomic E-state index is 0.0604. The molecule has 8 heteroatoms. The van der Waals surface area contributed by atoms with Crippen LogP contribution in [0.2, 0.25) is 10.0 Å². The summed E-state index contributed by atoms with van der Waals surface area (Å²) in [5.74, 6) is -0.202. The lowest BCUT2D eigenvalue weighted by Gasteiger charge is -2.29. The Kier molecular flexibility index (Phi) is 4.99. The van der Waals surface area contributed by atoms with E-state index in [2.05, 4.69) is 15.3 Å². The van der Waals surface area contributed by atoms with Crippen LogP contribution in [-0.4, -0.2) is 40.5 Å². The van der Waals surface area contributed by atoms with E-state index in [1.807, 2.05) is 54.6 Å². The van der Waals surface area contributed by atoms with Gasteiger partial charge < -0.3 is 5.32 Å². The second-order valence-corrected chi connectivity index (χ2v) is 9.76. The first-order valence-electron chi connectivity index (χ1n) is 11.0. The monoisotopic (exact) mass is 490 g/mol. The first kappa shape index (κ1) is 21.4. The van der Waals surface area contributed by atoms with Gasteiger partial charge in [-0.3, -0.25) is 14.5 Å². The Balaban J connectivity index is 1.41. The molecule has 1 N–H and O–H groups in total. The third-order valence-electron chi connectivity index (χ3n) is 6.90. The number of hydrazone groups is 1. The Bertz CT molecular complexity index is 1360. The molecule has 34 heavy (non-hydrogen) atoms. The van der Waals surface area contributed by atoms with Crippen LogP contribution in [0.5, 0.6) is 0 Å². The molecule has 3 aliphatic rings. The fourth-order valence-corrected chi connectivity index (χ4v) is 5.80. The van der Waals surface area contributed by atoms with Gasteiger partial charge in [-0.25, -0.2) is 5.01 Å². The first-order chi connectivity index (χ1) is 16.5. The number of fused-ring (bicyclic) bond motifs is 3. The van der Waals surface area contributed by atoms with Gasteiger partial charge in [0, 0.05) is 22.3 Å². The highest BCUT2D eigenvalue weighted by atomic mass is 35.5. The van der Waals surface area contributed by atoms with Gasteiger partial charge in [-0.2, -0.15) is 5.10 Å². The van der Waals surface area contributed by atoms with Crippen LogP contribution >= 0.6 is 23.2 Å². The highest BCUT2D eigenvalue weighted by Crippen LogP contribution is 2.52. The van der Waals surface area contributed by atoms with Gasteiger partial charge in [0.1, 0.15) is 6.17 Å². The molecular weight excluding hydrogens is 471 g/mol. The largest absolute Gasteiger partial charge is 0.325 e. The number of nitrogens with one attached hydrogen (secondary N) is 1. The molecule has 0 aliphatic carbocycles. The summed E-state index contributed by atoms with van der Waals surface area (Å²) in [6.45, 7) is 0.409. The molecule has 0 aromatic heterocycles. The molecule has 3 atom stereocenters. The zero-order valence-electron chi connectivity index (χ0n) is 18.0. The lowest BCUT2D eigenvalue weighted by atomic mass is 9.79. The number of hydrogen-bond acceptors (Lipinski definition) is 4. The maximum Gasteiger partial charge on any atom is 0.261 e. The van der Waals surface area contributed by atoms with Crippen molar-refractivity contribution in [2.75, 3.05) is 11.9 Å². The minimum Gasteiger partial charge on any atom is -0.325 e. The SMILES string of the molecule is O=C1[C@@H]2C[C@]3(CN2[C@@H](c2cccc(Cl)c2)N1/N=C/c1cccc(Cl)c1)C(=O)Nc1ccccc13. The van der Waals surface area contributed by atoms with Gasteiger partial charge in [-0.15, -0.1) is 0 Å². The average Bonchev–Trinajstić information content (AvgIpc) is 3.42. The lowest BCUT2D eigenvalue weighted by Crippen LogP contribution is -2.40. The van der Waals surface area contributed by atoms with Gasteiger partial charge in [-0.1, -0.05) is 65.7 Å². The van der Waals surface area contributed by atoms with E-state index in [9.17, 15) is 9.59 Å². The molecule has 2 fully saturated rings. The third kappa shape index (κ3) is 3.25. The quantitative estimate of drug-likeness (QED) is 0.534. The number of para-hydroxylation sites is 1. The molecule has 0 radical (unpaired) electrons. The van der Waals surface area contributed by atoms with Crippen LogP contribution in [0.1, 0.15) is 29.3 Å². The number of hydrogen-bond donors (Lipinski definition) is 1. The van der Waals surface area contributed by atoms with Gasteiger partial charge in [-0.05, 0) is 53.4 Å². The summed E-state index contributed by atoms with van der Waals surface area (Å²) in [6, 6.07) is 22.0. The molecule has 2 amide bonds. The third-order valence-corrected chi connectivity index (χ3v) is 7.37. The Labute approximate surface area is 206 Å². The fraction of sp³-hybridized carbons (Fsp3) is 0.192. The smallest absolute Gasteiger partial charge is 0.261 e. The van der Waals surface area contributed by atoms with Crippen molar-refractivity contribution in [1.82, 2.24) is 9.91 Å². The van der Waals surface area contributed by atoms with E-state index in [-0.39, 0.29) is 11.8 Å². The number of carbonyl (C=O) groups excluding carboxylic acids is 2. The predicted molar refractivity (Wildman–Crippen MR) is 132 cm³/mol. The van der Waals surface area contributed by atoms with Crippen molar-refractivity contribution in [1.29, 1.82) is 0 Å². The van der Waals surface area contributed by atoms with E-state index in [1.54, 1.807) is 24.4 Å². The zero-order chi connectivity index (χ0) is 23.4. The average molecular weight is 491 g/mol. The molecule has 0 bridgehead atoms. The summed E-state index contributed by atoms with van der Waals surface area (Å²) in [4.78, 5) is 28.9. The Morgan fingerprint density at radius 3 is 2.53 bits per heavy atom. The van der Waals surface area contributed by atoms with Crippen molar-refractivity contribution in [3.63, 3.8) is 0 Å². The normalized spacial score (nSPS) is 25.9. The topological polar surface area (TPSA) is 65.0 Å². The number of anilines is 1. The number of benzene rings is 3. The van der Waals surface area contributed by atoms with Crippen LogP contribution in [0.15, 0.2) is 77.9 Å². The van der Waals surface area contributed by atoms with E-state index in [1.165, 1.54) is 5.01 Å². The maximum atomic E-state index is 13.7. The molecule has 170 valence electrons. The van der Waals surface area contributed by atoms with Gasteiger partial charge in [0.15, 0.2) is 0 Å². The van der Waals surface area contributed by atoms with Gasteiger partial charge in [0.05, 0.1) is 17.7 Å². The van der Waals surface area contributed by atoms with E-state index in [0.717, 1.165) is 22.4 Å². The summed E-state index contributed by atoms with van der Waals surface area (Å²) in [7, 11) is 0. The van der Waals surface area contributed by atoms with Crippen LogP contribution in [-0.2, 0) is 15.0 Å². The lowest BCUT2D eigenvalue weighted by molar-refractivity contribution is -0.130. The fourth-order valence-electron chi connectivity index (χ4n) is 5.40. The molecule has 1 spiro atoms. The molecule has 3 aromatic rings. The van der Waals surface area contributed by atoms with E-state index >= 15 is 0 Å². The molecule has 6 nitrogen and oxygen atoms in total. The van der Waals surface area contributed by atoms with Crippen LogP contribution in [0.3, 0.4) is 0 Å². The Morgan fingerprint density at radius 1 is 0.971 bits per heavy atom. The van der Waals surface area contributed by atoms with E-state index in [4.69, 9.17) is 23.2 Å². The Hall–Kier alpha value is -3.19. The number of carbonyl (C=O) groups is 2. The van der Waals surface area contributed by atoms with E-state index in [0.29, 0.717) is 23.0 Å². The number of amides is 2. The molecule has 0 unspecified atom stereocenters. The minimum atomic E-state index is -0.767. The molecule has 0 saturated carbocycles. The highest BCUT2D eigenvalue weighted by molar-refractivity contribution is 6.31. The van der Waals surface area contributed by atoms with Crippen molar-refractivity contribution in [2.45, 2.75) is 24.0 Å². The van der Waals surface area contributed by atoms with E-state index < -0.39 is 17.6 Å². The van der Waals surface area contributed by atoms with Gasteiger partial charge in [0.25, 0.3) is 5.91 Å². The van der Waals surface area contributed by atoms with Crippen molar-refractivity contribution >= 4 is 46.9 Å². The second-order valence-electron chi connectivity index (χ2n) is 8.89. The van der Waals surface area contributed by atoms with Crippen LogP contribution in [0.4, 0.5) is 5.69 Å². The molecule has 3 aliphatic heterocycles. The predicted octanol–water partition coefficient (Wildman–Crippen LogP) is 4.83. The molecule has 2 saturated heterocycles. The summed E-state index contributed by atoms with van der Waals surface area (Å²) in [6.07, 6.45) is 1.55. The summed E-state index contributed by atoms with van der Waals surface area (Å²) in [5.41, 5.74) is 2.63. The molecular formula is C26H20Cl2N4O2. The number of nitrogens with zero attached hydrogens (tertiary/aromatic N) is 3. The van der Waals surface area contributed by atoms with Crippen LogP contribution in [0.25, 0.3) is 0 Å². The molecule has 3 heterocycles. The van der Waals surface area contributed by atoms with Crippen LogP contribution < -0.4 is 5.32 Å².